The first-order valence-corrected chi connectivity index (χ1v) is 5.90. The van der Waals surface area contributed by atoms with E-state index < -0.39 is 4.92 Å². The fourth-order valence-corrected chi connectivity index (χ4v) is 2.28. The minimum atomic E-state index is -0.461. The van der Waals surface area contributed by atoms with Crippen molar-refractivity contribution in [2.75, 3.05) is 5.32 Å². The average molecular weight is 263 g/mol. The number of allylic oxidation sites excluding steroid dienone is 1. The zero-order chi connectivity index (χ0) is 13.1. The van der Waals surface area contributed by atoms with Crippen LogP contribution in [0, 0.1) is 10.1 Å². The molecule has 0 atom stereocenters. The highest BCUT2D eigenvalue weighted by Gasteiger charge is 2.10. The Labute approximate surface area is 106 Å². The Hall–Kier alpha value is -2.28. The van der Waals surface area contributed by atoms with E-state index in [1.807, 2.05) is 0 Å². The Morgan fingerprint density at radius 2 is 2.33 bits per heavy atom. The van der Waals surface area contributed by atoms with Crippen LogP contribution in [0.3, 0.4) is 0 Å². The third kappa shape index (κ3) is 2.51. The number of benzene rings is 1. The Morgan fingerprint density at radius 1 is 1.56 bits per heavy atom. The van der Waals surface area contributed by atoms with Crippen molar-refractivity contribution in [3.05, 3.63) is 40.5 Å². The molecule has 0 saturated carbocycles. The number of nitrogens with one attached hydrogen (secondary N) is 1. The molecule has 18 heavy (non-hydrogen) atoms. The van der Waals surface area contributed by atoms with Crippen LogP contribution in [0.25, 0.3) is 10.2 Å². The summed E-state index contributed by atoms with van der Waals surface area (Å²) in [5.41, 5.74) is 0.638. The van der Waals surface area contributed by atoms with Gasteiger partial charge in [0.1, 0.15) is 0 Å². The van der Waals surface area contributed by atoms with Crippen molar-refractivity contribution in [2.45, 2.75) is 6.92 Å². The number of nitro groups is 1. The van der Waals surface area contributed by atoms with E-state index in [2.05, 4.69) is 10.3 Å². The minimum Gasteiger partial charge on any atom is -0.298 e. The molecule has 1 aromatic carbocycles. The molecular weight excluding hydrogens is 254 g/mol. The van der Waals surface area contributed by atoms with Gasteiger partial charge in [0.15, 0.2) is 5.13 Å². The van der Waals surface area contributed by atoms with Crippen LogP contribution in [0.4, 0.5) is 10.8 Å². The molecule has 0 fully saturated rings. The van der Waals surface area contributed by atoms with Crippen LogP contribution in [0.15, 0.2) is 30.4 Å². The lowest BCUT2D eigenvalue weighted by Crippen LogP contribution is -2.06. The molecule has 0 radical (unpaired) electrons. The summed E-state index contributed by atoms with van der Waals surface area (Å²) in [6, 6.07) is 4.40. The van der Waals surface area contributed by atoms with Crippen molar-refractivity contribution in [1.29, 1.82) is 0 Å². The number of thiazole rings is 1. The van der Waals surface area contributed by atoms with Gasteiger partial charge < -0.3 is 0 Å². The number of aromatic nitrogens is 1. The summed E-state index contributed by atoms with van der Waals surface area (Å²) in [7, 11) is 0. The topological polar surface area (TPSA) is 85.1 Å². The first-order chi connectivity index (χ1) is 8.60. The van der Waals surface area contributed by atoms with Gasteiger partial charge in [0.25, 0.3) is 5.69 Å². The number of anilines is 1. The number of non-ortho nitro benzene ring substituents is 1. The number of amides is 1. The molecule has 0 unspecified atom stereocenters. The monoisotopic (exact) mass is 263 g/mol. The Kier molecular flexibility index (Phi) is 3.33. The number of hydrogen-bond acceptors (Lipinski definition) is 5. The van der Waals surface area contributed by atoms with Crippen LogP contribution in [-0.2, 0) is 4.79 Å². The molecule has 1 N–H and O–H groups in total. The normalized spacial score (nSPS) is 10.9. The van der Waals surface area contributed by atoms with Gasteiger partial charge >= 0.3 is 0 Å². The van der Waals surface area contributed by atoms with E-state index in [4.69, 9.17) is 0 Å². The lowest BCUT2D eigenvalue weighted by atomic mass is 10.3. The van der Waals surface area contributed by atoms with Crippen LogP contribution in [0.5, 0.6) is 0 Å². The second-order valence-corrected chi connectivity index (χ2v) is 4.45. The highest BCUT2D eigenvalue weighted by Crippen LogP contribution is 2.28. The molecule has 0 aliphatic heterocycles. The fraction of sp³-hybridized carbons (Fsp3) is 0.0909. The standard InChI is InChI=1S/C11H9N3O3S/c1-2-3-10(15)13-11-12-8-5-4-7(14(16)17)6-9(8)18-11/h2-6H,1H3,(H,12,13,15)/b3-2-. The van der Waals surface area contributed by atoms with E-state index in [1.165, 1.54) is 29.5 Å². The van der Waals surface area contributed by atoms with E-state index in [1.54, 1.807) is 19.1 Å². The molecule has 1 aromatic heterocycles. The Bertz CT molecular complexity index is 648. The molecule has 0 spiro atoms. The summed E-state index contributed by atoms with van der Waals surface area (Å²) in [5.74, 6) is -0.272. The highest BCUT2D eigenvalue weighted by atomic mass is 32.1. The SMILES string of the molecule is C/C=C\C(=O)Nc1nc2ccc([N+](=O)[O-])cc2s1. The zero-order valence-corrected chi connectivity index (χ0v) is 10.2. The summed E-state index contributed by atoms with van der Waals surface area (Å²) in [6.45, 7) is 1.74. The molecule has 0 aliphatic rings. The zero-order valence-electron chi connectivity index (χ0n) is 9.41. The van der Waals surface area contributed by atoms with Gasteiger partial charge in [-0.25, -0.2) is 4.98 Å². The summed E-state index contributed by atoms with van der Waals surface area (Å²) >= 11 is 1.20. The Morgan fingerprint density at radius 3 is 3.00 bits per heavy atom. The number of hydrogen-bond donors (Lipinski definition) is 1. The van der Waals surface area contributed by atoms with E-state index >= 15 is 0 Å². The molecule has 6 nitrogen and oxygen atoms in total. The van der Waals surface area contributed by atoms with Gasteiger partial charge in [-0.05, 0) is 19.1 Å². The maximum absolute atomic E-state index is 11.3. The number of fused-ring (bicyclic) bond motifs is 1. The molecule has 1 amide bonds. The van der Waals surface area contributed by atoms with Crippen molar-refractivity contribution in [2.24, 2.45) is 0 Å². The molecule has 0 bridgehead atoms. The highest BCUT2D eigenvalue weighted by molar-refractivity contribution is 7.22. The second kappa shape index (κ2) is 4.92. The molecule has 2 rings (SSSR count). The van der Waals surface area contributed by atoms with E-state index in [9.17, 15) is 14.9 Å². The summed E-state index contributed by atoms with van der Waals surface area (Å²) < 4.78 is 0.667. The smallest absolute Gasteiger partial charge is 0.270 e. The van der Waals surface area contributed by atoms with Gasteiger partial charge in [0.2, 0.25) is 5.91 Å². The van der Waals surface area contributed by atoms with Crippen molar-refractivity contribution in [1.82, 2.24) is 4.98 Å². The van der Waals surface area contributed by atoms with Crippen LogP contribution < -0.4 is 5.32 Å². The number of nitro benzene ring substituents is 1. The molecule has 1 heterocycles. The van der Waals surface area contributed by atoms with Crippen LogP contribution >= 0.6 is 11.3 Å². The number of carbonyl (C=O) groups excluding carboxylic acids is 1. The van der Waals surface area contributed by atoms with E-state index in [-0.39, 0.29) is 11.6 Å². The van der Waals surface area contributed by atoms with E-state index in [0.717, 1.165) is 0 Å². The Balaban J connectivity index is 2.32. The van der Waals surface area contributed by atoms with Crippen LogP contribution in [0.1, 0.15) is 6.92 Å². The molecule has 92 valence electrons. The van der Waals surface area contributed by atoms with Crippen molar-refractivity contribution < 1.29 is 9.72 Å². The van der Waals surface area contributed by atoms with Crippen molar-refractivity contribution >= 4 is 38.3 Å². The van der Waals surface area contributed by atoms with Crippen LogP contribution in [-0.4, -0.2) is 15.8 Å². The maximum atomic E-state index is 11.3. The third-order valence-corrected chi connectivity index (χ3v) is 3.06. The summed E-state index contributed by atoms with van der Waals surface area (Å²) in [4.78, 5) is 25.7. The summed E-state index contributed by atoms with van der Waals surface area (Å²) in [6.07, 6.45) is 3.00. The molecule has 2 aromatic rings. The quantitative estimate of drug-likeness (QED) is 0.524. The first-order valence-electron chi connectivity index (χ1n) is 5.09. The molecule has 0 aliphatic carbocycles. The number of nitrogens with zero attached hydrogens (tertiary/aromatic N) is 2. The largest absolute Gasteiger partial charge is 0.298 e. The van der Waals surface area contributed by atoms with Gasteiger partial charge in [0, 0.05) is 12.1 Å². The molecule has 7 heteroatoms. The number of rotatable bonds is 3. The predicted molar refractivity (Wildman–Crippen MR) is 69.7 cm³/mol. The lowest BCUT2D eigenvalue weighted by molar-refractivity contribution is -0.384. The second-order valence-electron chi connectivity index (χ2n) is 3.42. The van der Waals surface area contributed by atoms with Gasteiger partial charge in [-0.15, -0.1) is 0 Å². The van der Waals surface area contributed by atoms with Gasteiger partial charge in [-0.1, -0.05) is 17.4 Å². The minimum absolute atomic E-state index is 0.0116. The number of carbonyl (C=O) groups is 1. The summed E-state index contributed by atoms with van der Waals surface area (Å²) in [5, 5.41) is 13.6. The fourth-order valence-electron chi connectivity index (χ4n) is 1.38. The maximum Gasteiger partial charge on any atom is 0.270 e. The van der Waals surface area contributed by atoms with Crippen LogP contribution in [0.2, 0.25) is 0 Å². The van der Waals surface area contributed by atoms with Gasteiger partial charge in [0.05, 0.1) is 15.1 Å². The van der Waals surface area contributed by atoms with Gasteiger partial charge in [-0.3, -0.25) is 20.2 Å². The van der Waals surface area contributed by atoms with Crippen molar-refractivity contribution in [3.8, 4) is 0 Å². The first kappa shape index (κ1) is 12.2. The lowest BCUT2D eigenvalue weighted by Gasteiger charge is -1.93. The van der Waals surface area contributed by atoms with E-state index in [0.29, 0.717) is 15.3 Å². The molecular formula is C11H9N3O3S. The van der Waals surface area contributed by atoms with Gasteiger partial charge in [-0.2, -0.15) is 0 Å². The predicted octanol–water partition coefficient (Wildman–Crippen LogP) is 2.72. The molecule has 0 saturated heterocycles. The van der Waals surface area contributed by atoms with Crippen molar-refractivity contribution in [3.63, 3.8) is 0 Å². The third-order valence-electron chi connectivity index (χ3n) is 2.13. The average Bonchev–Trinajstić information content (AvgIpc) is 2.69.